The summed E-state index contributed by atoms with van der Waals surface area (Å²) in [5, 5.41) is 33.6. The second kappa shape index (κ2) is 7.95. The monoisotopic (exact) mass is 420 g/mol. The topological polar surface area (TPSA) is 102 Å². The highest BCUT2D eigenvalue weighted by atomic mass is 19.1. The van der Waals surface area contributed by atoms with Gasteiger partial charge < -0.3 is 19.9 Å². The van der Waals surface area contributed by atoms with Crippen molar-refractivity contribution < 1.29 is 19.4 Å². The molecule has 31 heavy (non-hydrogen) atoms. The van der Waals surface area contributed by atoms with Gasteiger partial charge in [0.15, 0.2) is 5.79 Å². The molecular formula is C23H21FN4O3. The minimum absolute atomic E-state index is 0.176. The molecule has 1 aliphatic rings. The lowest BCUT2D eigenvalue weighted by molar-refractivity contribution is -0.189. The average molecular weight is 420 g/mol. The molecule has 2 unspecified atom stereocenters. The Labute approximate surface area is 178 Å². The van der Waals surface area contributed by atoms with Gasteiger partial charge in [0.2, 0.25) is 0 Å². The molecule has 158 valence electrons. The van der Waals surface area contributed by atoms with E-state index in [9.17, 15) is 19.4 Å². The predicted octanol–water partition coefficient (Wildman–Crippen LogP) is 2.50. The summed E-state index contributed by atoms with van der Waals surface area (Å²) in [6.07, 6.45) is 3.70. The zero-order valence-corrected chi connectivity index (χ0v) is 16.8. The number of fused-ring (bicyclic) bond motifs is 1. The van der Waals surface area contributed by atoms with Gasteiger partial charge in [-0.05, 0) is 36.8 Å². The van der Waals surface area contributed by atoms with Gasteiger partial charge in [0.25, 0.3) is 0 Å². The number of carbonyl (C=O) groups excluding carboxylic acids is 1. The summed E-state index contributed by atoms with van der Waals surface area (Å²) >= 11 is 0. The van der Waals surface area contributed by atoms with Gasteiger partial charge in [0, 0.05) is 36.5 Å². The number of anilines is 1. The number of carbonyl (C=O) groups is 1. The van der Waals surface area contributed by atoms with Crippen molar-refractivity contribution in [1.29, 1.82) is 5.26 Å². The van der Waals surface area contributed by atoms with E-state index in [2.05, 4.69) is 5.10 Å². The minimum Gasteiger partial charge on any atom is -0.366 e. The summed E-state index contributed by atoms with van der Waals surface area (Å²) in [5.41, 5.74) is 2.90. The van der Waals surface area contributed by atoms with Gasteiger partial charge in [0.1, 0.15) is 18.2 Å². The molecule has 3 aromatic rings. The number of halogens is 1. The Bertz CT molecular complexity index is 1140. The summed E-state index contributed by atoms with van der Waals surface area (Å²) in [7, 11) is 0. The smallest absolute Gasteiger partial charge is 0.165 e. The molecule has 4 rings (SSSR count). The fourth-order valence-corrected chi connectivity index (χ4v) is 4.10. The second-order valence-corrected chi connectivity index (χ2v) is 7.87. The van der Waals surface area contributed by atoms with Crippen LogP contribution < -0.4 is 4.90 Å². The number of aldehydes is 1. The molecule has 2 aromatic carbocycles. The van der Waals surface area contributed by atoms with Crippen molar-refractivity contribution in [3.63, 3.8) is 0 Å². The molecule has 2 heterocycles. The molecule has 2 atom stereocenters. The van der Waals surface area contributed by atoms with Crippen LogP contribution in [0.3, 0.4) is 0 Å². The van der Waals surface area contributed by atoms with Crippen LogP contribution in [0.5, 0.6) is 0 Å². The molecule has 0 amide bonds. The van der Waals surface area contributed by atoms with Crippen molar-refractivity contribution in [3.05, 3.63) is 77.4 Å². The average Bonchev–Trinajstić information content (AvgIpc) is 3.23. The van der Waals surface area contributed by atoms with Crippen LogP contribution in [0.2, 0.25) is 0 Å². The highest BCUT2D eigenvalue weighted by molar-refractivity contribution is 5.72. The lowest BCUT2D eigenvalue weighted by atomic mass is 9.77. The number of aliphatic hydroxyl groups is 2. The van der Waals surface area contributed by atoms with Crippen LogP contribution in [0.25, 0.3) is 5.69 Å². The van der Waals surface area contributed by atoms with E-state index >= 15 is 0 Å². The molecule has 2 N–H and O–H groups in total. The van der Waals surface area contributed by atoms with Crippen molar-refractivity contribution >= 4 is 12.0 Å². The predicted molar refractivity (Wildman–Crippen MR) is 111 cm³/mol. The quantitative estimate of drug-likeness (QED) is 0.486. The van der Waals surface area contributed by atoms with E-state index in [0.717, 1.165) is 11.3 Å². The SMILES string of the molecule is CC(O)(O)C1CN(Cc2ccc(-n3cc(C#N)cn3)cc2)c2cccc(F)c2C1C=O. The van der Waals surface area contributed by atoms with Crippen LogP contribution in [0.4, 0.5) is 10.1 Å². The van der Waals surface area contributed by atoms with Gasteiger partial charge in [-0.2, -0.15) is 10.4 Å². The summed E-state index contributed by atoms with van der Waals surface area (Å²) in [6, 6.07) is 14.1. The molecule has 0 radical (unpaired) electrons. The fourth-order valence-electron chi connectivity index (χ4n) is 4.10. The minimum atomic E-state index is -2.15. The third kappa shape index (κ3) is 3.93. The summed E-state index contributed by atoms with van der Waals surface area (Å²) in [5.74, 6) is -4.53. The van der Waals surface area contributed by atoms with Crippen molar-refractivity contribution in [3.8, 4) is 11.8 Å². The lowest BCUT2D eigenvalue weighted by Gasteiger charge is -2.43. The van der Waals surface area contributed by atoms with Crippen LogP contribution in [-0.4, -0.2) is 38.6 Å². The first-order valence-electron chi connectivity index (χ1n) is 9.79. The van der Waals surface area contributed by atoms with Crippen LogP contribution in [-0.2, 0) is 11.3 Å². The number of aromatic nitrogens is 2. The van der Waals surface area contributed by atoms with Crippen LogP contribution in [0.1, 0.15) is 29.5 Å². The first kappa shape index (κ1) is 20.7. The third-order valence-corrected chi connectivity index (χ3v) is 5.69. The van der Waals surface area contributed by atoms with Crippen LogP contribution >= 0.6 is 0 Å². The van der Waals surface area contributed by atoms with Gasteiger partial charge in [-0.25, -0.2) is 9.07 Å². The maximum atomic E-state index is 14.7. The Morgan fingerprint density at radius 1 is 1.29 bits per heavy atom. The van der Waals surface area contributed by atoms with E-state index in [1.807, 2.05) is 35.2 Å². The van der Waals surface area contributed by atoms with E-state index < -0.39 is 23.4 Å². The number of hydrogen-bond acceptors (Lipinski definition) is 6. The number of hydrogen-bond donors (Lipinski definition) is 2. The molecule has 0 spiro atoms. The number of rotatable bonds is 5. The second-order valence-electron chi connectivity index (χ2n) is 7.87. The zero-order chi connectivity index (χ0) is 22.2. The maximum absolute atomic E-state index is 14.7. The van der Waals surface area contributed by atoms with Crippen molar-refractivity contribution in [2.45, 2.75) is 25.2 Å². The summed E-state index contributed by atoms with van der Waals surface area (Å²) in [6.45, 7) is 1.78. The van der Waals surface area contributed by atoms with E-state index in [1.54, 1.807) is 23.0 Å². The van der Waals surface area contributed by atoms with E-state index in [0.29, 0.717) is 24.1 Å². The molecule has 0 bridgehead atoms. The number of nitrogens with zero attached hydrogens (tertiary/aromatic N) is 4. The van der Waals surface area contributed by atoms with Crippen molar-refractivity contribution in [2.24, 2.45) is 5.92 Å². The first-order chi connectivity index (χ1) is 14.8. The number of benzene rings is 2. The zero-order valence-electron chi connectivity index (χ0n) is 16.8. The molecule has 8 heteroatoms. The fraction of sp³-hybridized carbons (Fsp3) is 0.261. The molecule has 0 saturated carbocycles. The first-order valence-corrected chi connectivity index (χ1v) is 9.79. The Balaban J connectivity index is 1.65. The Morgan fingerprint density at radius 2 is 2.03 bits per heavy atom. The molecule has 1 aromatic heterocycles. The largest absolute Gasteiger partial charge is 0.366 e. The van der Waals surface area contributed by atoms with Crippen LogP contribution in [0, 0.1) is 23.1 Å². The van der Waals surface area contributed by atoms with Gasteiger partial charge in [-0.1, -0.05) is 18.2 Å². The van der Waals surface area contributed by atoms with Gasteiger partial charge >= 0.3 is 0 Å². The third-order valence-electron chi connectivity index (χ3n) is 5.69. The Kier molecular flexibility index (Phi) is 5.31. The van der Waals surface area contributed by atoms with E-state index in [-0.39, 0.29) is 12.1 Å². The normalized spacial score (nSPS) is 18.4. The molecule has 0 fully saturated rings. The van der Waals surface area contributed by atoms with E-state index in [1.165, 1.54) is 19.2 Å². The lowest BCUT2D eigenvalue weighted by Crippen LogP contribution is -2.49. The molecule has 7 nitrogen and oxygen atoms in total. The highest BCUT2D eigenvalue weighted by Gasteiger charge is 2.44. The Morgan fingerprint density at radius 3 is 2.65 bits per heavy atom. The van der Waals surface area contributed by atoms with Gasteiger partial charge in [0.05, 0.1) is 23.4 Å². The summed E-state index contributed by atoms with van der Waals surface area (Å²) in [4.78, 5) is 13.6. The van der Waals surface area contributed by atoms with Crippen molar-refractivity contribution in [1.82, 2.24) is 9.78 Å². The van der Waals surface area contributed by atoms with Gasteiger partial charge in [-0.3, -0.25) is 0 Å². The number of nitriles is 1. The molecule has 0 saturated heterocycles. The summed E-state index contributed by atoms with van der Waals surface area (Å²) < 4.78 is 16.3. The molecule has 0 aliphatic carbocycles. The standard InChI is InChI=1S/C23H21FN4O3/c1-23(30,31)19-13-27(21-4-2-3-20(24)22(21)18(19)14-29)11-15-5-7-17(8-6-15)28-12-16(9-25)10-26-28/h2-8,10,12,14,18-19,30-31H,11,13H2,1H3. The van der Waals surface area contributed by atoms with Gasteiger partial charge in [-0.15, -0.1) is 0 Å². The van der Waals surface area contributed by atoms with E-state index in [4.69, 9.17) is 5.26 Å². The highest BCUT2D eigenvalue weighted by Crippen LogP contribution is 2.43. The van der Waals surface area contributed by atoms with Crippen LogP contribution in [0.15, 0.2) is 54.9 Å². The Hall–Kier alpha value is -3.54. The van der Waals surface area contributed by atoms with Crippen molar-refractivity contribution in [2.75, 3.05) is 11.4 Å². The maximum Gasteiger partial charge on any atom is 0.165 e. The molecule has 1 aliphatic heterocycles. The molecular weight excluding hydrogens is 399 g/mol.